The lowest BCUT2D eigenvalue weighted by molar-refractivity contribution is 0.0606. The van der Waals surface area contributed by atoms with E-state index in [1.165, 1.54) is 18.4 Å². The zero-order chi connectivity index (χ0) is 14.3. The summed E-state index contributed by atoms with van der Waals surface area (Å²) in [6, 6.07) is 0.409. The number of anilines is 1. The Morgan fingerprint density at radius 2 is 2.11 bits per heavy atom. The van der Waals surface area contributed by atoms with Crippen molar-refractivity contribution < 1.29 is 14.3 Å². The maximum atomic E-state index is 11.5. The first kappa shape index (κ1) is 15.9. The smallest absolute Gasteiger partial charge is 0.349 e. The maximum Gasteiger partial charge on any atom is 0.349 e. The molecular weight excluding hydrogens is 264 g/mol. The number of nitrogens with zero attached hydrogens (tertiary/aromatic N) is 2. The van der Waals surface area contributed by atoms with Gasteiger partial charge in [-0.2, -0.15) is 0 Å². The number of esters is 1. The second kappa shape index (κ2) is 8.12. The number of methoxy groups -OCH3 is 2. The fourth-order valence-corrected chi connectivity index (χ4v) is 2.88. The highest BCUT2D eigenvalue weighted by molar-refractivity contribution is 7.17. The van der Waals surface area contributed by atoms with Gasteiger partial charge in [0, 0.05) is 19.7 Å². The first-order chi connectivity index (χ1) is 9.17. The Balaban J connectivity index is 2.89. The summed E-state index contributed by atoms with van der Waals surface area (Å²) in [7, 11) is 3.07. The van der Waals surface area contributed by atoms with Gasteiger partial charge < -0.3 is 14.4 Å². The van der Waals surface area contributed by atoms with Gasteiger partial charge in [0.15, 0.2) is 5.13 Å². The van der Waals surface area contributed by atoms with Crippen molar-refractivity contribution in [2.24, 2.45) is 0 Å². The van der Waals surface area contributed by atoms with E-state index in [9.17, 15) is 4.79 Å². The van der Waals surface area contributed by atoms with Crippen LogP contribution in [-0.4, -0.2) is 44.4 Å². The third-order valence-electron chi connectivity index (χ3n) is 3.05. The Morgan fingerprint density at radius 3 is 2.63 bits per heavy atom. The molecule has 0 aliphatic carbocycles. The van der Waals surface area contributed by atoms with Crippen LogP contribution in [-0.2, 0) is 9.47 Å². The van der Waals surface area contributed by atoms with Crippen molar-refractivity contribution in [1.29, 1.82) is 0 Å². The standard InChI is InChI=1S/C13H22N2O3S/c1-5-10(6-2)15(7-8-17-3)13-14-9-11(19-13)12(16)18-4/h9-10H,5-8H2,1-4H3. The maximum absolute atomic E-state index is 11.5. The molecule has 1 rings (SSSR count). The SMILES string of the molecule is CCC(CC)N(CCOC)c1ncc(C(=O)OC)s1. The molecule has 0 aliphatic heterocycles. The van der Waals surface area contributed by atoms with Gasteiger partial charge >= 0.3 is 5.97 Å². The number of ether oxygens (including phenoxy) is 2. The second-order valence-electron chi connectivity index (χ2n) is 4.16. The number of hydrogen-bond acceptors (Lipinski definition) is 6. The van der Waals surface area contributed by atoms with Crippen LogP contribution < -0.4 is 4.90 Å². The molecule has 0 bridgehead atoms. The summed E-state index contributed by atoms with van der Waals surface area (Å²) in [5, 5.41) is 0.853. The van der Waals surface area contributed by atoms with E-state index >= 15 is 0 Å². The van der Waals surface area contributed by atoms with Crippen LogP contribution in [0, 0.1) is 0 Å². The molecule has 0 aliphatic rings. The molecule has 0 N–H and O–H groups in total. The van der Waals surface area contributed by atoms with E-state index in [2.05, 4.69) is 23.7 Å². The van der Waals surface area contributed by atoms with Gasteiger partial charge in [-0.3, -0.25) is 0 Å². The Hall–Kier alpha value is -1.14. The zero-order valence-corrected chi connectivity index (χ0v) is 12.8. The van der Waals surface area contributed by atoms with Crippen LogP contribution in [0.1, 0.15) is 36.4 Å². The van der Waals surface area contributed by atoms with E-state index in [0.29, 0.717) is 17.5 Å². The lowest BCUT2D eigenvalue weighted by Crippen LogP contribution is -2.37. The van der Waals surface area contributed by atoms with Crippen LogP contribution in [0.2, 0.25) is 0 Å². The molecular formula is C13H22N2O3S. The van der Waals surface area contributed by atoms with Crippen molar-refractivity contribution in [3.63, 3.8) is 0 Å². The molecule has 0 saturated heterocycles. The van der Waals surface area contributed by atoms with E-state index in [0.717, 1.165) is 24.5 Å². The van der Waals surface area contributed by atoms with Gasteiger partial charge in [0.1, 0.15) is 4.88 Å². The average Bonchev–Trinajstić information content (AvgIpc) is 2.92. The fourth-order valence-electron chi connectivity index (χ4n) is 1.95. The number of thiazole rings is 1. The Labute approximate surface area is 118 Å². The van der Waals surface area contributed by atoms with Gasteiger partial charge in [0.2, 0.25) is 0 Å². The normalized spacial score (nSPS) is 10.8. The van der Waals surface area contributed by atoms with E-state index in [1.807, 2.05) is 0 Å². The predicted molar refractivity (Wildman–Crippen MR) is 77.0 cm³/mol. The summed E-state index contributed by atoms with van der Waals surface area (Å²) in [4.78, 5) is 18.6. The molecule has 0 unspecified atom stereocenters. The summed E-state index contributed by atoms with van der Waals surface area (Å²) in [6.45, 7) is 5.73. The zero-order valence-electron chi connectivity index (χ0n) is 12.0. The molecule has 19 heavy (non-hydrogen) atoms. The minimum Gasteiger partial charge on any atom is -0.465 e. The number of carbonyl (C=O) groups is 1. The molecule has 1 aromatic rings. The topological polar surface area (TPSA) is 51.7 Å². The predicted octanol–water partition coefficient (Wildman–Crippen LogP) is 2.57. The minimum absolute atomic E-state index is 0.333. The van der Waals surface area contributed by atoms with Crippen LogP contribution in [0.4, 0.5) is 5.13 Å². The summed E-state index contributed by atoms with van der Waals surface area (Å²) in [6.07, 6.45) is 3.65. The fraction of sp³-hybridized carbons (Fsp3) is 0.692. The van der Waals surface area contributed by atoms with Crippen molar-refractivity contribution in [3.8, 4) is 0 Å². The van der Waals surface area contributed by atoms with Gasteiger partial charge in [-0.15, -0.1) is 0 Å². The van der Waals surface area contributed by atoms with Crippen molar-refractivity contribution in [1.82, 2.24) is 4.98 Å². The highest BCUT2D eigenvalue weighted by atomic mass is 32.1. The molecule has 1 heterocycles. The van der Waals surface area contributed by atoms with Gasteiger partial charge in [0.25, 0.3) is 0 Å². The first-order valence-electron chi connectivity index (χ1n) is 6.47. The highest BCUT2D eigenvalue weighted by Gasteiger charge is 2.20. The molecule has 0 spiro atoms. The molecule has 0 saturated carbocycles. The van der Waals surface area contributed by atoms with Gasteiger partial charge in [-0.25, -0.2) is 9.78 Å². The van der Waals surface area contributed by atoms with Crippen molar-refractivity contribution >= 4 is 22.4 Å². The van der Waals surface area contributed by atoms with Crippen LogP contribution in [0.3, 0.4) is 0 Å². The van der Waals surface area contributed by atoms with Crippen LogP contribution >= 0.6 is 11.3 Å². The third kappa shape index (κ3) is 4.18. The monoisotopic (exact) mass is 286 g/mol. The number of hydrogen-bond donors (Lipinski definition) is 0. The molecule has 0 radical (unpaired) electrons. The highest BCUT2D eigenvalue weighted by Crippen LogP contribution is 2.26. The van der Waals surface area contributed by atoms with Crippen LogP contribution in [0.15, 0.2) is 6.20 Å². The molecule has 1 aromatic heterocycles. The van der Waals surface area contributed by atoms with Crippen molar-refractivity contribution in [3.05, 3.63) is 11.1 Å². The van der Waals surface area contributed by atoms with E-state index < -0.39 is 0 Å². The van der Waals surface area contributed by atoms with Gasteiger partial charge in [-0.1, -0.05) is 25.2 Å². The quantitative estimate of drug-likeness (QED) is 0.687. The van der Waals surface area contributed by atoms with Crippen molar-refractivity contribution in [2.75, 3.05) is 32.3 Å². The minimum atomic E-state index is -0.333. The lowest BCUT2D eigenvalue weighted by Gasteiger charge is -2.29. The molecule has 6 heteroatoms. The molecule has 0 fully saturated rings. The largest absolute Gasteiger partial charge is 0.465 e. The summed E-state index contributed by atoms with van der Waals surface area (Å²) in [5.74, 6) is -0.333. The molecule has 0 amide bonds. The van der Waals surface area contributed by atoms with Crippen LogP contribution in [0.25, 0.3) is 0 Å². The number of carbonyl (C=O) groups excluding carboxylic acids is 1. The van der Waals surface area contributed by atoms with Gasteiger partial charge in [-0.05, 0) is 12.8 Å². The third-order valence-corrected chi connectivity index (χ3v) is 4.06. The average molecular weight is 286 g/mol. The summed E-state index contributed by atoms with van der Waals surface area (Å²) >= 11 is 1.37. The summed E-state index contributed by atoms with van der Waals surface area (Å²) < 4.78 is 9.86. The van der Waals surface area contributed by atoms with Crippen LogP contribution in [0.5, 0.6) is 0 Å². The lowest BCUT2D eigenvalue weighted by atomic mass is 10.1. The van der Waals surface area contributed by atoms with E-state index in [4.69, 9.17) is 9.47 Å². The molecule has 0 atom stereocenters. The first-order valence-corrected chi connectivity index (χ1v) is 7.29. The Bertz CT molecular complexity index is 391. The van der Waals surface area contributed by atoms with E-state index in [1.54, 1.807) is 13.3 Å². The number of aromatic nitrogens is 1. The number of rotatable bonds is 8. The molecule has 108 valence electrons. The Kier molecular flexibility index (Phi) is 6.80. The molecule has 0 aromatic carbocycles. The Morgan fingerprint density at radius 1 is 1.42 bits per heavy atom. The second-order valence-corrected chi connectivity index (χ2v) is 5.16. The van der Waals surface area contributed by atoms with E-state index in [-0.39, 0.29) is 5.97 Å². The van der Waals surface area contributed by atoms with Gasteiger partial charge in [0.05, 0.1) is 19.9 Å². The molecule has 5 nitrogen and oxygen atoms in total. The summed E-state index contributed by atoms with van der Waals surface area (Å²) in [5.41, 5.74) is 0. The van der Waals surface area contributed by atoms with Crippen molar-refractivity contribution in [2.45, 2.75) is 32.7 Å².